The Morgan fingerprint density at radius 2 is 1.83 bits per heavy atom. The maximum atomic E-state index is 14.0. The Kier molecular flexibility index (Phi) is 8.54. The van der Waals surface area contributed by atoms with E-state index in [9.17, 15) is 24.5 Å². The first-order valence-electron chi connectivity index (χ1n) is 13.8. The third kappa shape index (κ3) is 6.33. The van der Waals surface area contributed by atoms with E-state index < -0.39 is 22.4 Å². The van der Waals surface area contributed by atoms with E-state index in [1.165, 1.54) is 16.7 Å². The summed E-state index contributed by atoms with van der Waals surface area (Å²) in [5, 5.41) is 15.6. The maximum absolute atomic E-state index is 14.0. The molecule has 0 spiro atoms. The molecule has 1 amide bonds. The number of nitro groups is 1. The van der Waals surface area contributed by atoms with Crippen molar-refractivity contribution in [3.05, 3.63) is 152 Å². The third-order valence-electron chi connectivity index (χ3n) is 7.02. The van der Waals surface area contributed by atoms with Gasteiger partial charge in [0.25, 0.3) is 22.7 Å². The number of hydrogen-bond donors (Lipinski definition) is 2. The summed E-state index contributed by atoms with van der Waals surface area (Å²) in [6.45, 7) is 3.38. The van der Waals surface area contributed by atoms with Crippen LogP contribution in [0.5, 0.6) is 0 Å². The average molecular weight is 671 g/mol. The van der Waals surface area contributed by atoms with Crippen molar-refractivity contribution in [2.75, 3.05) is 5.32 Å². The van der Waals surface area contributed by atoms with Crippen molar-refractivity contribution in [3.8, 4) is 0 Å². The van der Waals surface area contributed by atoms with E-state index in [0.717, 1.165) is 23.1 Å². The van der Waals surface area contributed by atoms with Gasteiger partial charge in [-0.25, -0.2) is 9.98 Å². The van der Waals surface area contributed by atoms with Gasteiger partial charge < -0.3 is 10.3 Å². The van der Waals surface area contributed by atoms with Gasteiger partial charge in [0.2, 0.25) is 0 Å². The van der Waals surface area contributed by atoms with Gasteiger partial charge in [0, 0.05) is 28.5 Å². The van der Waals surface area contributed by atoms with Gasteiger partial charge in [0.1, 0.15) is 0 Å². The number of anilines is 1. The molecule has 1 atom stereocenters. The van der Waals surface area contributed by atoms with Crippen molar-refractivity contribution in [2.45, 2.75) is 29.9 Å². The number of H-pyrrole nitrogens is 1. The van der Waals surface area contributed by atoms with E-state index >= 15 is 0 Å². The molecule has 0 unspecified atom stereocenters. The maximum Gasteiger partial charge on any atom is 0.283 e. The number of carbonyl (C=O) groups is 1. The van der Waals surface area contributed by atoms with Gasteiger partial charge in [-0.3, -0.25) is 29.1 Å². The minimum absolute atomic E-state index is 0.217. The highest BCUT2D eigenvalue weighted by molar-refractivity contribution is 7.99. The van der Waals surface area contributed by atoms with Crippen LogP contribution in [0.2, 0.25) is 5.02 Å². The fourth-order valence-electron chi connectivity index (χ4n) is 5.00. The third-order valence-corrected chi connectivity index (χ3v) is 9.20. The smallest absolute Gasteiger partial charge is 0.283 e. The van der Waals surface area contributed by atoms with Crippen molar-refractivity contribution >= 4 is 58.1 Å². The van der Waals surface area contributed by atoms with E-state index in [2.05, 4.69) is 20.3 Å². The molecule has 0 aliphatic carbocycles. The Morgan fingerprint density at radius 3 is 2.52 bits per heavy atom. The molecule has 5 aromatic rings. The molecule has 0 radical (unpaired) electrons. The molecule has 2 aromatic heterocycles. The number of halogens is 1. The Hall–Kier alpha value is -5.11. The molecule has 11 nitrogen and oxygen atoms in total. The van der Waals surface area contributed by atoms with Crippen LogP contribution in [0.3, 0.4) is 0 Å². The number of nitro benzene ring substituents is 1. The Balaban J connectivity index is 1.43. The van der Waals surface area contributed by atoms with Crippen LogP contribution in [0.4, 0.5) is 11.4 Å². The lowest BCUT2D eigenvalue weighted by molar-refractivity contribution is -0.387. The number of carbonyl (C=O) groups excluding carboxylic acids is 1. The van der Waals surface area contributed by atoms with E-state index in [-0.39, 0.29) is 25.8 Å². The molecule has 6 rings (SSSR count). The van der Waals surface area contributed by atoms with E-state index in [1.54, 1.807) is 80.6 Å². The van der Waals surface area contributed by atoms with Crippen molar-refractivity contribution in [2.24, 2.45) is 4.99 Å². The summed E-state index contributed by atoms with van der Waals surface area (Å²) < 4.78 is 1.74. The van der Waals surface area contributed by atoms with E-state index in [1.807, 2.05) is 6.07 Å². The zero-order valence-electron chi connectivity index (χ0n) is 24.2. The van der Waals surface area contributed by atoms with Crippen LogP contribution >= 0.6 is 34.7 Å². The Bertz CT molecular complexity index is 2300. The average Bonchev–Trinajstić information content (AvgIpc) is 3.31. The van der Waals surface area contributed by atoms with Crippen LogP contribution in [-0.4, -0.2) is 25.4 Å². The van der Waals surface area contributed by atoms with Crippen LogP contribution in [0, 0.1) is 17.0 Å². The highest BCUT2D eigenvalue weighted by Gasteiger charge is 2.32. The van der Waals surface area contributed by atoms with E-state index in [0.29, 0.717) is 43.6 Å². The standard InChI is InChI=1S/C32H23ClN6O5S2/c1-17-14-26(40)37-31(34-17)45-24-13-8-19(15-23(24)39(43)44)16-25-30(42)38-28(20-9-11-21(33)12-10-20)27(18(2)35-32(38)46-25)29(41)36-22-6-4-3-5-7-22/h3-16,28H,1-2H3,(H,36,41)(H,34,37,40)/b25-16+/t28-/m0/s1. The first-order chi connectivity index (χ1) is 22.1. The second-order valence-corrected chi connectivity index (χ2v) is 12.7. The zero-order chi connectivity index (χ0) is 32.5. The number of hydrogen-bond acceptors (Lipinski definition) is 9. The quantitative estimate of drug-likeness (QED) is 0.141. The first-order valence-corrected chi connectivity index (χ1v) is 15.8. The SMILES string of the molecule is CC1=C(C(=O)Nc2ccccc2)[C@H](c2ccc(Cl)cc2)n2c(s/c(=C/c3ccc(Sc4nc(C)cc(=O)[nH]4)c([N+](=O)[O-])c3)c2=O)=N1. The molecule has 0 saturated carbocycles. The molecule has 46 heavy (non-hydrogen) atoms. The highest BCUT2D eigenvalue weighted by atomic mass is 35.5. The molecule has 230 valence electrons. The van der Waals surface area contributed by atoms with Gasteiger partial charge in [-0.2, -0.15) is 0 Å². The van der Waals surface area contributed by atoms with Crippen molar-refractivity contribution < 1.29 is 9.72 Å². The van der Waals surface area contributed by atoms with Crippen LogP contribution in [0.15, 0.2) is 115 Å². The van der Waals surface area contributed by atoms with Crippen LogP contribution in [-0.2, 0) is 4.79 Å². The lowest BCUT2D eigenvalue weighted by atomic mass is 9.95. The predicted octanol–water partition coefficient (Wildman–Crippen LogP) is 4.98. The number of fused-ring (bicyclic) bond motifs is 1. The number of benzene rings is 3. The summed E-state index contributed by atoms with van der Waals surface area (Å²) in [6.07, 6.45) is 1.56. The summed E-state index contributed by atoms with van der Waals surface area (Å²) in [7, 11) is 0. The van der Waals surface area contributed by atoms with E-state index in [4.69, 9.17) is 11.6 Å². The lowest BCUT2D eigenvalue weighted by Gasteiger charge is -2.25. The van der Waals surface area contributed by atoms with Crippen molar-refractivity contribution in [1.82, 2.24) is 14.5 Å². The van der Waals surface area contributed by atoms with Gasteiger partial charge >= 0.3 is 0 Å². The number of aryl methyl sites for hydroxylation is 1. The van der Waals surface area contributed by atoms with Crippen molar-refractivity contribution in [1.29, 1.82) is 0 Å². The number of nitrogens with zero attached hydrogens (tertiary/aromatic N) is 4. The zero-order valence-corrected chi connectivity index (χ0v) is 26.6. The summed E-state index contributed by atoms with van der Waals surface area (Å²) in [4.78, 5) is 63.1. The summed E-state index contributed by atoms with van der Waals surface area (Å²) in [6, 6.07) is 20.9. The molecule has 14 heteroatoms. The summed E-state index contributed by atoms with van der Waals surface area (Å²) in [5.41, 5.74) is 1.89. The molecule has 0 bridgehead atoms. The molecular formula is C32H23ClN6O5S2. The second kappa shape index (κ2) is 12.7. The van der Waals surface area contributed by atoms with Gasteiger partial charge in [-0.15, -0.1) is 0 Å². The highest BCUT2D eigenvalue weighted by Crippen LogP contribution is 2.34. The number of rotatable bonds is 7. The monoisotopic (exact) mass is 670 g/mol. The van der Waals surface area contributed by atoms with Crippen LogP contribution in [0.25, 0.3) is 6.08 Å². The Morgan fingerprint density at radius 1 is 1.09 bits per heavy atom. The molecule has 3 aromatic carbocycles. The molecule has 1 aliphatic heterocycles. The molecule has 0 fully saturated rings. The minimum atomic E-state index is -0.809. The number of aromatic nitrogens is 3. The van der Waals surface area contributed by atoms with Gasteiger partial charge in [-0.1, -0.05) is 59.3 Å². The first kappa shape index (κ1) is 30.9. The number of amides is 1. The fourth-order valence-corrected chi connectivity index (χ4v) is 7.10. The van der Waals surface area contributed by atoms with Gasteiger partial charge in [0.05, 0.1) is 31.7 Å². The number of nitrogens with one attached hydrogen (secondary N) is 2. The largest absolute Gasteiger partial charge is 0.322 e. The van der Waals surface area contributed by atoms with Crippen LogP contribution < -0.4 is 25.8 Å². The number of thiazole rings is 1. The second-order valence-electron chi connectivity index (χ2n) is 10.2. The lowest BCUT2D eigenvalue weighted by Crippen LogP contribution is -2.40. The number of aromatic amines is 1. The fraction of sp³-hybridized carbons (Fsp3) is 0.0938. The molecular weight excluding hydrogens is 648 g/mol. The molecule has 0 saturated heterocycles. The molecule has 1 aliphatic rings. The summed E-state index contributed by atoms with van der Waals surface area (Å²) in [5.74, 6) is -0.408. The topological polar surface area (TPSA) is 152 Å². The minimum Gasteiger partial charge on any atom is -0.322 e. The number of allylic oxidation sites excluding steroid dienone is 1. The van der Waals surface area contributed by atoms with Crippen LogP contribution in [0.1, 0.15) is 29.8 Å². The van der Waals surface area contributed by atoms with Gasteiger partial charge in [0.15, 0.2) is 9.96 Å². The normalized spacial score (nSPS) is 14.5. The van der Waals surface area contributed by atoms with Gasteiger partial charge in [-0.05, 0) is 73.1 Å². The van der Waals surface area contributed by atoms with Crippen molar-refractivity contribution in [3.63, 3.8) is 0 Å². The Labute approximate surface area is 273 Å². The molecule has 2 N–H and O–H groups in total. The number of para-hydroxylation sites is 1. The molecule has 3 heterocycles. The predicted molar refractivity (Wildman–Crippen MR) is 177 cm³/mol. The summed E-state index contributed by atoms with van der Waals surface area (Å²) >= 11 is 8.24.